The number of hydrogen-bond donors (Lipinski definition) is 2. The van der Waals surface area contributed by atoms with Gasteiger partial charge in [0.2, 0.25) is 5.91 Å². The second-order valence-electron chi connectivity index (χ2n) is 9.76. The van der Waals surface area contributed by atoms with Crippen LogP contribution in [-0.4, -0.2) is 66.1 Å². The van der Waals surface area contributed by atoms with Gasteiger partial charge in [0.1, 0.15) is 24.2 Å². The summed E-state index contributed by atoms with van der Waals surface area (Å²) in [6.07, 6.45) is 1.27. The number of halogens is 1. The molecule has 2 aliphatic rings. The molecule has 0 spiro atoms. The van der Waals surface area contributed by atoms with E-state index in [-0.39, 0.29) is 54.8 Å². The highest BCUT2D eigenvalue weighted by Crippen LogP contribution is 2.29. The summed E-state index contributed by atoms with van der Waals surface area (Å²) in [5, 5.41) is 5.62. The smallest absolute Gasteiger partial charge is 0.258 e. The van der Waals surface area contributed by atoms with Crippen LogP contribution in [-0.2, 0) is 22.7 Å². The van der Waals surface area contributed by atoms with Crippen LogP contribution >= 0.6 is 0 Å². The predicted octanol–water partition coefficient (Wildman–Crippen LogP) is 1.48. The molecular formula is C29H29FN4O7. The fourth-order valence-corrected chi connectivity index (χ4v) is 4.82. The van der Waals surface area contributed by atoms with Gasteiger partial charge in [-0.3, -0.25) is 19.2 Å². The van der Waals surface area contributed by atoms with E-state index in [1.807, 2.05) is 0 Å². The maximum atomic E-state index is 14.5. The zero-order valence-electron chi connectivity index (χ0n) is 22.3. The first kappa shape index (κ1) is 27.7. The first-order valence-corrected chi connectivity index (χ1v) is 13.1. The van der Waals surface area contributed by atoms with E-state index in [0.717, 1.165) is 0 Å². The Kier molecular flexibility index (Phi) is 8.18. The SMILES string of the molecule is COc1ccc2cc1OCC(=O)NCc1cc(F)cc(c1)O[C@@H]1CCN(C(=O)Cn3ccccc3=O)C[C@@H]1NC2=O. The number of nitrogens with zero attached hydrogens (tertiary/aromatic N) is 2. The first-order chi connectivity index (χ1) is 19.8. The van der Waals surface area contributed by atoms with E-state index in [4.69, 9.17) is 14.2 Å². The lowest BCUT2D eigenvalue weighted by molar-refractivity contribution is -0.134. The van der Waals surface area contributed by atoms with Gasteiger partial charge in [0.25, 0.3) is 17.4 Å². The number of nitrogens with one attached hydrogen (secondary N) is 2. The normalized spacial score (nSPS) is 19.1. The Morgan fingerprint density at radius 1 is 1.12 bits per heavy atom. The highest BCUT2D eigenvalue weighted by atomic mass is 19.1. The van der Waals surface area contributed by atoms with Gasteiger partial charge in [-0.15, -0.1) is 0 Å². The van der Waals surface area contributed by atoms with E-state index in [9.17, 15) is 23.6 Å². The number of carbonyl (C=O) groups is 3. The minimum atomic E-state index is -0.668. The van der Waals surface area contributed by atoms with Crippen LogP contribution in [0.25, 0.3) is 0 Å². The summed E-state index contributed by atoms with van der Waals surface area (Å²) >= 11 is 0. The summed E-state index contributed by atoms with van der Waals surface area (Å²) in [6.45, 7) is -0.0549. The molecule has 2 atom stereocenters. The Bertz CT molecular complexity index is 1520. The van der Waals surface area contributed by atoms with Gasteiger partial charge in [-0.05, 0) is 42.0 Å². The minimum Gasteiger partial charge on any atom is -0.493 e. The largest absolute Gasteiger partial charge is 0.493 e. The third-order valence-electron chi connectivity index (χ3n) is 6.92. The number of pyridine rings is 1. The summed E-state index contributed by atoms with van der Waals surface area (Å²) in [4.78, 5) is 52.6. The van der Waals surface area contributed by atoms with E-state index < -0.39 is 29.8 Å². The highest BCUT2D eigenvalue weighted by molar-refractivity contribution is 5.95. The standard InChI is InChI=1S/C29H29FN4O7/c1-39-24-6-5-19-12-25(24)40-17-26(35)31-14-18-10-20(30)13-21(11-18)41-23-7-9-34(15-22(23)32-29(19)38)28(37)16-33-8-3-2-4-27(33)36/h2-6,8,10-13,22-23H,7,9,14-17H2,1H3,(H,31,35)(H,32,38)/t22-,23+/m0/s1. The van der Waals surface area contributed by atoms with Crippen molar-refractivity contribution in [2.45, 2.75) is 31.7 Å². The van der Waals surface area contributed by atoms with Crippen molar-refractivity contribution in [2.75, 3.05) is 26.8 Å². The number of carbonyl (C=O) groups excluding carboxylic acids is 3. The van der Waals surface area contributed by atoms with Crippen LogP contribution in [0.2, 0.25) is 0 Å². The van der Waals surface area contributed by atoms with Crippen molar-refractivity contribution in [1.29, 1.82) is 0 Å². The molecule has 2 aromatic carbocycles. The van der Waals surface area contributed by atoms with E-state index in [1.165, 1.54) is 42.1 Å². The van der Waals surface area contributed by atoms with E-state index in [1.54, 1.807) is 35.2 Å². The molecule has 1 aromatic heterocycles. The molecule has 0 saturated carbocycles. The van der Waals surface area contributed by atoms with Crippen molar-refractivity contribution in [3.63, 3.8) is 0 Å². The highest BCUT2D eigenvalue weighted by Gasteiger charge is 2.35. The number of hydrogen-bond acceptors (Lipinski definition) is 7. The van der Waals surface area contributed by atoms with E-state index in [0.29, 0.717) is 24.3 Å². The zero-order valence-corrected chi connectivity index (χ0v) is 22.3. The van der Waals surface area contributed by atoms with Gasteiger partial charge in [0.15, 0.2) is 18.1 Å². The molecular weight excluding hydrogens is 535 g/mol. The van der Waals surface area contributed by atoms with Crippen LogP contribution in [0.5, 0.6) is 17.2 Å². The van der Waals surface area contributed by atoms with Gasteiger partial charge in [0.05, 0.1) is 13.2 Å². The van der Waals surface area contributed by atoms with Crippen LogP contribution in [0.3, 0.4) is 0 Å². The Balaban J connectivity index is 1.44. The molecule has 41 heavy (non-hydrogen) atoms. The van der Waals surface area contributed by atoms with Crippen molar-refractivity contribution < 1.29 is 33.0 Å². The van der Waals surface area contributed by atoms with Gasteiger partial charge in [-0.25, -0.2) is 4.39 Å². The number of benzene rings is 2. The summed E-state index contributed by atoms with van der Waals surface area (Å²) < 4.78 is 32.9. The molecule has 0 aliphatic carbocycles. The Morgan fingerprint density at radius 2 is 1.98 bits per heavy atom. The van der Waals surface area contributed by atoms with Crippen LogP contribution in [0.15, 0.2) is 65.6 Å². The molecule has 12 heteroatoms. The molecule has 2 aliphatic heterocycles. The number of ether oxygens (including phenoxy) is 3. The summed E-state index contributed by atoms with van der Waals surface area (Å²) in [7, 11) is 1.44. The number of rotatable bonds is 3. The van der Waals surface area contributed by atoms with Gasteiger partial charge in [-0.1, -0.05) is 6.07 Å². The van der Waals surface area contributed by atoms with Gasteiger partial charge in [0, 0.05) is 49.9 Å². The van der Waals surface area contributed by atoms with Crippen LogP contribution < -0.4 is 30.4 Å². The van der Waals surface area contributed by atoms with E-state index >= 15 is 0 Å². The third kappa shape index (κ3) is 6.65. The van der Waals surface area contributed by atoms with Crippen LogP contribution in [0, 0.1) is 5.82 Å². The predicted molar refractivity (Wildman–Crippen MR) is 144 cm³/mol. The molecule has 3 aromatic rings. The van der Waals surface area contributed by atoms with E-state index in [2.05, 4.69) is 10.6 Å². The molecule has 4 bridgehead atoms. The Hall–Kier alpha value is -4.87. The fraction of sp³-hybridized carbons (Fsp3) is 0.310. The fourth-order valence-electron chi connectivity index (χ4n) is 4.82. The number of aromatic nitrogens is 1. The summed E-state index contributed by atoms with van der Waals surface area (Å²) in [5.74, 6) is -1.01. The van der Waals surface area contributed by atoms with Gasteiger partial charge >= 0.3 is 0 Å². The molecule has 0 unspecified atom stereocenters. The molecule has 1 fully saturated rings. The van der Waals surface area contributed by atoms with Gasteiger partial charge in [-0.2, -0.15) is 0 Å². The number of likely N-dealkylation sites (tertiary alicyclic amines) is 1. The quantitative estimate of drug-likeness (QED) is 0.493. The second kappa shape index (κ2) is 12.1. The van der Waals surface area contributed by atoms with Crippen LogP contribution in [0.1, 0.15) is 22.3 Å². The molecule has 1 saturated heterocycles. The van der Waals surface area contributed by atoms with Crippen molar-refractivity contribution in [2.24, 2.45) is 0 Å². The van der Waals surface area contributed by atoms with Crippen molar-refractivity contribution in [3.05, 3.63) is 88.1 Å². The lowest BCUT2D eigenvalue weighted by Crippen LogP contribution is -2.58. The molecule has 3 amide bonds. The van der Waals surface area contributed by atoms with Gasteiger partial charge < -0.3 is 34.3 Å². The van der Waals surface area contributed by atoms with Crippen molar-refractivity contribution in [3.8, 4) is 17.2 Å². The lowest BCUT2D eigenvalue weighted by Gasteiger charge is -2.39. The second-order valence-corrected chi connectivity index (χ2v) is 9.76. The lowest BCUT2D eigenvalue weighted by atomic mass is 10.0. The van der Waals surface area contributed by atoms with Crippen LogP contribution in [0.4, 0.5) is 4.39 Å². The number of fused-ring (bicyclic) bond motifs is 5. The Labute approximate surface area is 234 Å². The monoisotopic (exact) mass is 564 g/mol. The van der Waals surface area contributed by atoms with Crippen molar-refractivity contribution in [1.82, 2.24) is 20.1 Å². The number of amides is 3. The molecule has 0 radical (unpaired) electrons. The minimum absolute atomic E-state index is 0.0411. The zero-order chi connectivity index (χ0) is 28.9. The maximum Gasteiger partial charge on any atom is 0.258 e. The number of piperidine rings is 1. The molecule has 3 heterocycles. The average Bonchev–Trinajstić information content (AvgIpc) is 2.96. The van der Waals surface area contributed by atoms with Crippen molar-refractivity contribution >= 4 is 17.7 Å². The summed E-state index contributed by atoms with van der Waals surface area (Å²) in [5.41, 5.74) is 0.411. The molecule has 5 rings (SSSR count). The molecule has 11 nitrogen and oxygen atoms in total. The third-order valence-corrected chi connectivity index (χ3v) is 6.92. The molecule has 2 N–H and O–H groups in total. The topological polar surface area (TPSA) is 128 Å². The first-order valence-electron chi connectivity index (χ1n) is 13.1. The number of methoxy groups -OCH3 is 1. The molecule has 214 valence electrons. The average molecular weight is 565 g/mol. The Morgan fingerprint density at radius 3 is 2.78 bits per heavy atom. The summed E-state index contributed by atoms with van der Waals surface area (Å²) in [6, 6.07) is 12.7. The maximum absolute atomic E-state index is 14.5.